The fourth-order valence-electron chi connectivity index (χ4n) is 4.29. The standard InChI is InChI=1S/C22H22N4O2/c1-14-6-7-15-13-19(23-18(15)12-14)21(27)25-10-8-16(9-11-25)26-20-5-3-2-4-17(20)24-22(26)28/h2-7,12-13,16,23H,8-11H2,1H3,(H,24,28). The molecular weight excluding hydrogens is 352 g/mol. The second kappa shape index (κ2) is 6.41. The van der Waals surface area contributed by atoms with E-state index in [1.165, 1.54) is 5.56 Å². The van der Waals surface area contributed by atoms with Crippen LogP contribution >= 0.6 is 0 Å². The molecule has 0 spiro atoms. The number of aromatic nitrogens is 3. The summed E-state index contributed by atoms with van der Waals surface area (Å²) in [5.74, 6) is 0.0265. The third kappa shape index (κ3) is 2.72. The molecule has 0 aliphatic carbocycles. The lowest BCUT2D eigenvalue weighted by Gasteiger charge is -2.32. The maximum absolute atomic E-state index is 12.9. The number of nitrogens with zero attached hydrogens (tertiary/aromatic N) is 2. The number of imidazole rings is 1. The summed E-state index contributed by atoms with van der Waals surface area (Å²) in [6.45, 7) is 3.33. The summed E-state index contributed by atoms with van der Waals surface area (Å²) in [7, 11) is 0. The van der Waals surface area contributed by atoms with Gasteiger partial charge in [-0.2, -0.15) is 0 Å². The largest absolute Gasteiger partial charge is 0.351 e. The van der Waals surface area contributed by atoms with E-state index in [1.807, 2.05) is 52.8 Å². The first-order chi connectivity index (χ1) is 13.6. The highest BCUT2D eigenvalue weighted by atomic mass is 16.2. The molecule has 2 aromatic heterocycles. The Morgan fingerprint density at radius 2 is 1.79 bits per heavy atom. The zero-order valence-electron chi connectivity index (χ0n) is 15.7. The number of amides is 1. The van der Waals surface area contributed by atoms with Gasteiger partial charge in [0, 0.05) is 30.0 Å². The molecule has 6 heteroatoms. The lowest BCUT2D eigenvalue weighted by Crippen LogP contribution is -2.40. The Kier molecular flexibility index (Phi) is 3.86. The maximum Gasteiger partial charge on any atom is 0.326 e. The fraction of sp³-hybridized carbons (Fsp3) is 0.273. The van der Waals surface area contributed by atoms with Crippen LogP contribution in [-0.2, 0) is 0 Å². The van der Waals surface area contributed by atoms with E-state index in [9.17, 15) is 9.59 Å². The van der Waals surface area contributed by atoms with Gasteiger partial charge in [-0.3, -0.25) is 9.36 Å². The van der Waals surface area contributed by atoms with Gasteiger partial charge < -0.3 is 14.9 Å². The van der Waals surface area contributed by atoms with Crippen LogP contribution in [0.5, 0.6) is 0 Å². The summed E-state index contributed by atoms with van der Waals surface area (Å²) in [6.07, 6.45) is 1.54. The first-order valence-corrected chi connectivity index (χ1v) is 9.68. The minimum atomic E-state index is -0.0723. The minimum Gasteiger partial charge on any atom is -0.351 e. The van der Waals surface area contributed by atoms with Crippen molar-refractivity contribution >= 4 is 27.8 Å². The average Bonchev–Trinajstić information content (AvgIpc) is 3.27. The summed E-state index contributed by atoms with van der Waals surface area (Å²) in [5.41, 5.74) is 4.50. The average molecular weight is 374 g/mol. The van der Waals surface area contributed by atoms with Gasteiger partial charge in [0.15, 0.2) is 0 Å². The van der Waals surface area contributed by atoms with Crippen molar-refractivity contribution in [2.75, 3.05) is 13.1 Å². The number of piperidine rings is 1. The Morgan fingerprint density at radius 3 is 2.61 bits per heavy atom. The van der Waals surface area contributed by atoms with Crippen molar-refractivity contribution in [3.63, 3.8) is 0 Å². The van der Waals surface area contributed by atoms with Crippen LogP contribution in [0.1, 0.15) is 34.9 Å². The van der Waals surface area contributed by atoms with Crippen LogP contribution in [0.4, 0.5) is 0 Å². The summed E-state index contributed by atoms with van der Waals surface area (Å²) in [6, 6.07) is 15.9. The van der Waals surface area contributed by atoms with E-state index >= 15 is 0 Å². The summed E-state index contributed by atoms with van der Waals surface area (Å²) in [5, 5.41) is 1.05. The Bertz CT molecular complexity index is 1240. The van der Waals surface area contributed by atoms with E-state index in [1.54, 1.807) is 0 Å². The van der Waals surface area contributed by atoms with Gasteiger partial charge >= 0.3 is 5.69 Å². The van der Waals surface area contributed by atoms with Crippen LogP contribution in [0.2, 0.25) is 0 Å². The molecule has 1 aliphatic rings. The van der Waals surface area contributed by atoms with Crippen LogP contribution in [0.3, 0.4) is 0 Å². The van der Waals surface area contributed by atoms with Crippen molar-refractivity contribution < 1.29 is 4.79 Å². The number of aryl methyl sites for hydroxylation is 1. The number of para-hydroxylation sites is 2. The first-order valence-electron chi connectivity index (χ1n) is 9.68. The molecule has 3 heterocycles. The zero-order valence-corrected chi connectivity index (χ0v) is 15.7. The fourth-order valence-corrected chi connectivity index (χ4v) is 4.29. The lowest BCUT2D eigenvalue weighted by molar-refractivity contribution is 0.0690. The van der Waals surface area contributed by atoms with E-state index in [2.05, 4.69) is 22.1 Å². The minimum absolute atomic E-state index is 0.0265. The van der Waals surface area contributed by atoms with E-state index < -0.39 is 0 Å². The molecule has 0 saturated carbocycles. The highest BCUT2D eigenvalue weighted by molar-refractivity contribution is 5.98. The summed E-state index contributed by atoms with van der Waals surface area (Å²) in [4.78, 5) is 33.4. The first kappa shape index (κ1) is 16.9. The van der Waals surface area contributed by atoms with Gasteiger partial charge in [0.1, 0.15) is 5.69 Å². The molecule has 1 aliphatic heterocycles. The number of benzene rings is 2. The topological polar surface area (TPSA) is 73.9 Å². The van der Waals surface area contributed by atoms with Gasteiger partial charge in [-0.25, -0.2) is 4.79 Å². The van der Waals surface area contributed by atoms with Crippen molar-refractivity contribution in [1.29, 1.82) is 0 Å². The number of hydrogen-bond acceptors (Lipinski definition) is 2. The molecule has 2 aromatic carbocycles. The smallest absolute Gasteiger partial charge is 0.326 e. The lowest BCUT2D eigenvalue weighted by atomic mass is 10.0. The molecule has 5 rings (SSSR count). The van der Waals surface area contributed by atoms with Crippen LogP contribution in [-0.4, -0.2) is 38.4 Å². The Hall–Kier alpha value is -3.28. The monoisotopic (exact) mass is 374 g/mol. The van der Waals surface area contributed by atoms with Crippen LogP contribution in [0, 0.1) is 6.92 Å². The van der Waals surface area contributed by atoms with Gasteiger partial charge in [-0.05, 0) is 49.6 Å². The van der Waals surface area contributed by atoms with Gasteiger partial charge in [0.25, 0.3) is 5.91 Å². The van der Waals surface area contributed by atoms with E-state index in [-0.39, 0.29) is 17.6 Å². The highest BCUT2D eigenvalue weighted by Crippen LogP contribution is 2.26. The molecule has 0 bridgehead atoms. The predicted octanol–water partition coefficient (Wildman–Crippen LogP) is 3.60. The van der Waals surface area contributed by atoms with Crippen LogP contribution in [0.15, 0.2) is 53.3 Å². The molecule has 1 fully saturated rings. The normalized spacial score (nSPS) is 15.5. The molecule has 4 aromatic rings. The van der Waals surface area contributed by atoms with Crippen LogP contribution in [0.25, 0.3) is 21.9 Å². The quantitative estimate of drug-likeness (QED) is 0.563. The van der Waals surface area contributed by atoms with E-state index in [4.69, 9.17) is 0 Å². The third-order valence-corrected chi connectivity index (χ3v) is 5.75. The predicted molar refractivity (Wildman–Crippen MR) is 110 cm³/mol. The number of carbonyl (C=O) groups is 1. The summed E-state index contributed by atoms with van der Waals surface area (Å²) < 4.78 is 1.85. The Balaban J connectivity index is 1.35. The van der Waals surface area contributed by atoms with Crippen molar-refractivity contribution in [3.05, 3.63) is 70.3 Å². The molecule has 0 unspecified atom stereocenters. The maximum atomic E-state index is 12.9. The second-order valence-corrected chi connectivity index (χ2v) is 7.61. The Labute approximate surface area is 161 Å². The number of hydrogen-bond donors (Lipinski definition) is 2. The molecule has 1 saturated heterocycles. The van der Waals surface area contributed by atoms with Gasteiger partial charge in [-0.15, -0.1) is 0 Å². The van der Waals surface area contributed by atoms with Gasteiger partial charge in [-0.1, -0.05) is 24.3 Å². The van der Waals surface area contributed by atoms with E-state index in [0.29, 0.717) is 18.8 Å². The van der Waals surface area contributed by atoms with E-state index in [0.717, 1.165) is 34.8 Å². The van der Waals surface area contributed by atoms with Crippen molar-refractivity contribution in [2.45, 2.75) is 25.8 Å². The molecule has 0 atom stereocenters. The van der Waals surface area contributed by atoms with Gasteiger partial charge in [0.05, 0.1) is 11.0 Å². The second-order valence-electron chi connectivity index (χ2n) is 7.61. The van der Waals surface area contributed by atoms with Crippen molar-refractivity contribution in [1.82, 2.24) is 19.4 Å². The molecule has 1 amide bonds. The third-order valence-electron chi connectivity index (χ3n) is 5.75. The number of rotatable bonds is 2. The number of aromatic amines is 2. The molecule has 0 radical (unpaired) electrons. The van der Waals surface area contributed by atoms with Crippen LogP contribution < -0.4 is 5.69 Å². The number of likely N-dealkylation sites (tertiary alicyclic amines) is 1. The number of fused-ring (bicyclic) bond motifs is 2. The van der Waals surface area contributed by atoms with Gasteiger partial charge in [0.2, 0.25) is 0 Å². The molecular formula is C22H22N4O2. The number of carbonyl (C=O) groups excluding carboxylic acids is 1. The molecule has 28 heavy (non-hydrogen) atoms. The molecule has 142 valence electrons. The SMILES string of the molecule is Cc1ccc2cc(C(=O)N3CCC(n4c(=O)[nH]c5ccccc54)CC3)[nH]c2c1. The van der Waals surface area contributed by atoms with Crippen molar-refractivity contribution in [2.24, 2.45) is 0 Å². The molecule has 2 N–H and O–H groups in total. The van der Waals surface area contributed by atoms with Crippen molar-refractivity contribution in [3.8, 4) is 0 Å². The Morgan fingerprint density at radius 1 is 1.00 bits per heavy atom. The number of H-pyrrole nitrogens is 2. The highest BCUT2D eigenvalue weighted by Gasteiger charge is 2.27. The zero-order chi connectivity index (χ0) is 19.3. The number of nitrogens with one attached hydrogen (secondary N) is 2. The summed E-state index contributed by atoms with van der Waals surface area (Å²) >= 11 is 0. The molecule has 6 nitrogen and oxygen atoms in total.